The lowest BCUT2D eigenvalue weighted by atomic mass is 10.1. The van der Waals surface area contributed by atoms with E-state index in [1.165, 1.54) is 11.1 Å². The van der Waals surface area contributed by atoms with E-state index >= 15 is 0 Å². The Bertz CT molecular complexity index is 818. The highest BCUT2D eigenvalue weighted by Gasteiger charge is 2.20. The molecule has 4 heteroatoms. The molecule has 0 amide bonds. The molecule has 118 valence electrons. The van der Waals surface area contributed by atoms with Gasteiger partial charge in [-0.25, -0.2) is 9.97 Å². The molecule has 0 aliphatic carbocycles. The number of aryl methyl sites for hydroxylation is 1. The number of pyridine rings is 1. The first-order valence-corrected chi connectivity index (χ1v) is 8.23. The van der Waals surface area contributed by atoms with E-state index in [1.54, 1.807) is 0 Å². The van der Waals surface area contributed by atoms with Crippen molar-refractivity contribution in [2.24, 2.45) is 5.92 Å². The monoisotopic (exact) mass is 307 g/mol. The molecule has 1 saturated heterocycles. The van der Waals surface area contributed by atoms with Crippen LogP contribution in [0, 0.1) is 12.8 Å². The molecule has 3 heterocycles. The van der Waals surface area contributed by atoms with Gasteiger partial charge in [0.15, 0.2) is 5.65 Å². The van der Waals surface area contributed by atoms with Crippen molar-refractivity contribution in [1.29, 1.82) is 0 Å². The Morgan fingerprint density at radius 2 is 2.22 bits per heavy atom. The number of nitrogens with zero attached hydrogens (tertiary/aromatic N) is 3. The molecule has 0 bridgehead atoms. The zero-order valence-electron chi connectivity index (χ0n) is 13.4. The Hall–Kier alpha value is -2.20. The molecule has 4 nitrogen and oxygen atoms in total. The van der Waals surface area contributed by atoms with E-state index < -0.39 is 0 Å². The summed E-state index contributed by atoms with van der Waals surface area (Å²) in [6, 6.07) is 12.6. The summed E-state index contributed by atoms with van der Waals surface area (Å²) in [5.74, 6) is 1.65. The molecule has 23 heavy (non-hydrogen) atoms. The van der Waals surface area contributed by atoms with Crippen molar-refractivity contribution in [3.05, 3.63) is 59.5 Å². The van der Waals surface area contributed by atoms with Crippen LogP contribution in [0.25, 0.3) is 11.2 Å². The minimum atomic E-state index is 0.561. The van der Waals surface area contributed by atoms with Crippen LogP contribution in [0.15, 0.2) is 42.6 Å². The van der Waals surface area contributed by atoms with E-state index in [1.807, 2.05) is 18.3 Å². The predicted molar refractivity (Wildman–Crippen MR) is 90.4 cm³/mol. The Morgan fingerprint density at radius 3 is 3.04 bits per heavy atom. The van der Waals surface area contributed by atoms with Crippen molar-refractivity contribution < 1.29 is 4.74 Å². The molecular formula is C19H21N3O. The molecule has 2 aromatic heterocycles. The lowest BCUT2D eigenvalue weighted by Gasteiger charge is -2.13. The fraction of sp³-hybridized carbons (Fsp3) is 0.368. The van der Waals surface area contributed by atoms with Crippen molar-refractivity contribution in [2.45, 2.75) is 26.3 Å². The quantitative estimate of drug-likeness (QED) is 0.742. The Balaban J connectivity index is 1.72. The van der Waals surface area contributed by atoms with Crippen molar-refractivity contribution in [2.75, 3.05) is 13.2 Å². The molecule has 1 aliphatic rings. The van der Waals surface area contributed by atoms with Crippen LogP contribution < -0.4 is 0 Å². The van der Waals surface area contributed by atoms with E-state index in [4.69, 9.17) is 9.72 Å². The van der Waals surface area contributed by atoms with Crippen LogP contribution in [-0.2, 0) is 17.7 Å². The number of rotatable bonds is 4. The van der Waals surface area contributed by atoms with E-state index in [0.29, 0.717) is 5.92 Å². The molecule has 1 aliphatic heterocycles. The summed E-state index contributed by atoms with van der Waals surface area (Å²) in [4.78, 5) is 9.40. The van der Waals surface area contributed by atoms with E-state index in [9.17, 15) is 0 Å². The summed E-state index contributed by atoms with van der Waals surface area (Å²) < 4.78 is 7.83. The summed E-state index contributed by atoms with van der Waals surface area (Å²) in [7, 11) is 0. The van der Waals surface area contributed by atoms with Crippen molar-refractivity contribution in [1.82, 2.24) is 14.5 Å². The summed E-state index contributed by atoms with van der Waals surface area (Å²) in [6.45, 7) is 4.78. The van der Waals surface area contributed by atoms with Crippen LogP contribution in [0.3, 0.4) is 0 Å². The normalized spacial score (nSPS) is 17.9. The van der Waals surface area contributed by atoms with Gasteiger partial charge in [-0.1, -0.05) is 29.8 Å². The number of imidazole rings is 1. The van der Waals surface area contributed by atoms with Crippen molar-refractivity contribution in [3.8, 4) is 0 Å². The van der Waals surface area contributed by atoms with Crippen molar-refractivity contribution >= 4 is 11.2 Å². The second kappa shape index (κ2) is 6.13. The maximum atomic E-state index is 5.54. The van der Waals surface area contributed by atoms with Gasteiger partial charge in [0.2, 0.25) is 0 Å². The summed E-state index contributed by atoms with van der Waals surface area (Å²) >= 11 is 0. The number of fused-ring (bicyclic) bond motifs is 1. The predicted octanol–water partition coefficient (Wildman–Crippen LogP) is 3.37. The summed E-state index contributed by atoms with van der Waals surface area (Å²) in [6.07, 6.45) is 3.81. The molecular weight excluding hydrogens is 286 g/mol. The maximum absolute atomic E-state index is 5.54. The molecule has 0 radical (unpaired) electrons. The van der Waals surface area contributed by atoms with Gasteiger partial charge in [0.05, 0.1) is 6.61 Å². The number of hydrogen-bond acceptors (Lipinski definition) is 3. The van der Waals surface area contributed by atoms with Gasteiger partial charge in [0, 0.05) is 31.7 Å². The third kappa shape index (κ3) is 2.99. The van der Waals surface area contributed by atoms with Crippen LogP contribution in [0.2, 0.25) is 0 Å². The highest BCUT2D eigenvalue weighted by atomic mass is 16.5. The Kier molecular flexibility index (Phi) is 3.83. The number of benzene rings is 1. The average Bonchev–Trinajstić information content (AvgIpc) is 3.17. The van der Waals surface area contributed by atoms with Crippen LogP contribution in [-0.4, -0.2) is 27.7 Å². The van der Waals surface area contributed by atoms with Gasteiger partial charge in [-0.05, 0) is 31.0 Å². The minimum absolute atomic E-state index is 0.561. The molecule has 1 fully saturated rings. The van der Waals surface area contributed by atoms with E-state index in [-0.39, 0.29) is 0 Å². The molecule has 1 atom stereocenters. The zero-order chi connectivity index (χ0) is 15.6. The summed E-state index contributed by atoms with van der Waals surface area (Å²) in [5.41, 5.74) is 4.55. The second-order valence-electron chi connectivity index (χ2n) is 6.38. The van der Waals surface area contributed by atoms with Gasteiger partial charge in [-0.3, -0.25) is 0 Å². The molecule has 1 aromatic carbocycles. The molecule has 3 aromatic rings. The van der Waals surface area contributed by atoms with Gasteiger partial charge in [-0.2, -0.15) is 0 Å². The molecule has 4 rings (SSSR count). The fourth-order valence-corrected chi connectivity index (χ4v) is 3.32. The highest BCUT2D eigenvalue weighted by molar-refractivity contribution is 5.71. The largest absolute Gasteiger partial charge is 0.381 e. The van der Waals surface area contributed by atoms with Gasteiger partial charge >= 0.3 is 0 Å². The molecule has 0 saturated carbocycles. The zero-order valence-corrected chi connectivity index (χ0v) is 13.4. The fourth-order valence-electron chi connectivity index (χ4n) is 3.32. The maximum Gasteiger partial charge on any atom is 0.160 e. The highest BCUT2D eigenvalue weighted by Crippen LogP contribution is 2.22. The first-order valence-electron chi connectivity index (χ1n) is 8.23. The molecule has 1 unspecified atom stereocenters. The lowest BCUT2D eigenvalue weighted by molar-refractivity contribution is 0.182. The van der Waals surface area contributed by atoms with Crippen molar-refractivity contribution in [3.63, 3.8) is 0 Å². The van der Waals surface area contributed by atoms with E-state index in [0.717, 1.165) is 49.6 Å². The van der Waals surface area contributed by atoms with Crippen LogP contribution >= 0.6 is 0 Å². The SMILES string of the molecule is Cc1cccc(Cc2nc3cccnc3n2CC2CCOC2)c1. The topological polar surface area (TPSA) is 39.9 Å². The average molecular weight is 307 g/mol. The first kappa shape index (κ1) is 14.4. The van der Waals surface area contributed by atoms with Crippen LogP contribution in [0.4, 0.5) is 0 Å². The standard InChI is InChI=1S/C19H21N3O/c1-14-4-2-5-15(10-14)11-18-21-17-6-3-8-20-19(17)22(18)12-16-7-9-23-13-16/h2-6,8,10,16H,7,9,11-13H2,1H3. The first-order chi connectivity index (χ1) is 11.3. The van der Waals surface area contributed by atoms with Crippen LogP contribution in [0.1, 0.15) is 23.4 Å². The smallest absolute Gasteiger partial charge is 0.160 e. The third-order valence-electron chi connectivity index (χ3n) is 4.49. The van der Waals surface area contributed by atoms with E-state index in [2.05, 4.69) is 40.7 Å². The molecule has 0 spiro atoms. The number of ether oxygens (including phenoxy) is 1. The number of aromatic nitrogens is 3. The van der Waals surface area contributed by atoms with Gasteiger partial charge in [0.25, 0.3) is 0 Å². The van der Waals surface area contributed by atoms with Gasteiger partial charge < -0.3 is 9.30 Å². The summed E-state index contributed by atoms with van der Waals surface area (Å²) in [5, 5.41) is 0. The van der Waals surface area contributed by atoms with Crippen LogP contribution in [0.5, 0.6) is 0 Å². The lowest BCUT2D eigenvalue weighted by Crippen LogP contribution is -2.14. The number of hydrogen-bond donors (Lipinski definition) is 0. The Labute approximate surface area is 136 Å². The van der Waals surface area contributed by atoms with Gasteiger partial charge in [0.1, 0.15) is 11.3 Å². The minimum Gasteiger partial charge on any atom is -0.381 e. The molecule has 0 N–H and O–H groups in total. The Morgan fingerprint density at radius 1 is 1.26 bits per heavy atom. The van der Waals surface area contributed by atoms with Gasteiger partial charge in [-0.15, -0.1) is 0 Å². The second-order valence-corrected chi connectivity index (χ2v) is 6.38. The third-order valence-corrected chi connectivity index (χ3v) is 4.49.